The van der Waals surface area contributed by atoms with Gasteiger partial charge in [0.15, 0.2) is 0 Å². The summed E-state index contributed by atoms with van der Waals surface area (Å²) in [5.41, 5.74) is 18.0. The fourth-order valence-corrected chi connectivity index (χ4v) is 9.74. The van der Waals surface area contributed by atoms with Crippen LogP contribution in [0.25, 0.3) is 66.1 Å². The van der Waals surface area contributed by atoms with Crippen LogP contribution in [-0.2, 0) is 5.41 Å². The Hall–Kier alpha value is -8.74. The van der Waals surface area contributed by atoms with Gasteiger partial charge >= 0.3 is 0 Å². The quantitative estimate of drug-likeness (QED) is 0.154. The molecule has 0 amide bonds. The zero-order chi connectivity index (χ0) is 43.5. The Bertz CT molecular complexity index is 3790. The van der Waals surface area contributed by atoms with E-state index in [0.717, 1.165) is 39.1 Å². The lowest BCUT2D eigenvalue weighted by atomic mass is 9.82. The van der Waals surface area contributed by atoms with Gasteiger partial charge in [0.25, 0.3) is 0 Å². The van der Waals surface area contributed by atoms with E-state index in [4.69, 9.17) is 0 Å². The molecule has 0 saturated heterocycles. The number of nitrogens with zero attached hydrogens (tertiary/aromatic N) is 2. The molecule has 0 atom stereocenters. The Morgan fingerprint density at radius 1 is 0.292 bits per heavy atom. The molecule has 65 heavy (non-hydrogen) atoms. The van der Waals surface area contributed by atoms with E-state index in [1.807, 2.05) is 36.4 Å². The molecule has 12 rings (SSSR count). The minimum absolute atomic E-state index is 0.172. The molecule has 0 spiro atoms. The minimum atomic E-state index is -0.172. The summed E-state index contributed by atoms with van der Waals surface area (Å²) in [5.74, 6) is 20.1. The highest BCUT2D eigenvalue weighted by Gasteiger charge is 2.36. The summed E-state index contributed by atoms with van der Waals surface area (Å²) in [7, 11) is 0. The Morgan fingerprint density at radius 2 is 0.585 bits per heavy atom. The third-order valence-electron chi connectivity index (χ3n) is 13.0. The van der Waals surface area contributed by atoms with Crippen LogP contribution in [0, 0.1) is 35.5 Å². The van der Waals surface area contributed by atoms with Gasteiger partial charge in [-0.3, -0.25) is 0 Å². The predicted molar refractivity (Wildman–Crippen MR) is 270 cm³/mol. The Balaban J connectivity index is 0.722. The van der Waals surface area contributed by atoms with Crippen molar-refractivity contribution in [2.75, 3.05) is 0 Å². The molecule has 0 bridgehead atoms. The summed E-state index contributed by atoms with van der Waals surface area (Å²) >= 11 is 0. The van der Waals surface area contributed by atoms with Crippen molar-refractivity contribution in [2.45, 2.75) is 19.3 Å². The van der Waals surface area contributed by atoms with Crippen molar-refractivity contribution >= 4 is 43.6 Å². The summed E-state index contributed by atoms with van der Waals surface area (Å²) in [6, 6.07) is 73.0. The van der Waals surface area contributed by atoms with Crippen LogP contribution in [0.3, 0.4) is 0 Å². The van der Waals surface area contributed by atoms with Crippen LogP contribution in [0.2, 0.25) is 0 Å². The van der Waals surface area contributed by atoms with Gasteiger partial charge in [0.2, 0.25) is 0 Å². The fourth-order valence-electron chi connectivity index (χ4n) is 9.74. The standard InChI is InChI=1S/C63H40N2/c1-63(2)57-41-48(35-39-51(57)52-40-38-50(42-58(52)63)65-61-17-9-5-13-55(61)56-14-6-10-18-62(56)65)32-31-46-27-25-44(26-28-46)20-19-43-21-23-45(24-22-43)29-30-47-33-36-49(37-34-47)64-59-15-7-3-11-53(59)54-12-4-8-16-60(54)64/h3-18,21-28,33-42H,1-2H3. The Labute approximate surface area is 379 Å². The number of rotatable bonds is 2. The molecular formula is C63H40N2. The number of benzene rings is 9. The van der Waals surface area contributed by atoms with Crippen LogP contribution in [0.5, 0.6) is 0 Å². The van der Waals surface area contributed by atoms with E-state index in [-0.39, 0.29) is 5.41 Å². The van der Waals surface area contributed by atoms with Crippen LogP contribution in [0.1, 0.15) is 58.4 Å². The maximum absolute atomic E-state index is 3.45. The zero-order valence-electron chi connectivity index (χ0n) is 36.0. The van der Waals surface area contributed by atoms with Crippen LogP contribution in [0.4, 0.5) is 0 Å². The molecule has 0 N–H and O–H groups in total. The molecule has 0 fully saturated rings. The predicted octanol–water partition coefficient (Wildman–Crippen LogP) is 14.4. The number of fused-ring (bicyclic) bond motifs is 9. The summed E-state index contributed by atoms with van der Waals surface area (Å²) in [4.78, 5) is 0. The first-order chi connectivity index (χ1) is 32.0. The number of hydrogen-bond acceptors (Lipinski definition) is 0. The lowest BCUT2D eigenvalue weighted by molar-refractivity contribution is 0.659. The van der Waals surface area contributed by atoms with Crippen molar-refractivity contribution in [1.82, 2.24) is 9.13 Å². The average molecular weight is 825 g/mol. The molecular weight excluding hydrogens is 785 g/mol. The molecule has 0 radical (unpaired) electrons. The zero-order valence-corrected chi connectivity index (χ0v) is 36.0. The molecule has 2 heterocycles. The van der Waals surface area contributed by atoms with Crippen LogP contribution in [0.15, 0.2) is 206 Å². The fraction of sp³-hybridized carbons (Fsp3) is 0.0476. The summed E-state index contributed by atoms with van der Waals surface area (Å²) in [6.45, 7) is 4.67. The second-order valence-corrected chi connectivity index (χ2v) is 17.3. The molecule has 302 valence electrons. The lowest BCUT2D eigenvalue weighted by Gasteiger charge is -2.22. The molecule has 1 aliphatic carbocycles. The maximum Gasteiger partial charge on any atom is 0.0541 e. The first kappa shape index (κ1) is 38.0. The van der Waals surface area contributed by atoms with E-state index in [0.29, 0.717) is 0 Å². The topological polar surface area (TPSA) is 9.86 Å². The van der Waals surface area contributed by atoms with Gasteiger partial charge in [0.1, 0.15) is 0 Å². The Morgan fingerprint density at radius 3 is 1.00 bits per heavy atom. The third-order valence-corrected chi connectivity index (χ3v) is 13.0. The van der Waals surface area contributed by atoms with E-state index in [1.165, 1.54) is 71.6 Å². The maximum atomic E-state index is 3.45. The molecule has 0 aliphatic heterocycles. The molecule has 1 aliphatic rings. The van der Waals surface area contributed by atoms with E-state index < -0.39 is 0 Å². The first-order valence-corrected chi connectivity index (χ1v) is 22.1. The van der Waals surface area contributed by atoms with Gasteiger partial charge in [0.05, 0.1) is 22.1 Å². The average Bonchev–Trinajstić information content (AvgIpc) is 3.95. The lowest BCUT2D eigenvalue weighted by Crippen LogP contribution is -2.15. The molecule has 9 aromatic carbocycles. The van der Waals surface area contributed by atoms with Crippen molar-refractivity contribution in [2.24, 2.45) is 0 Å². The largest absolute Gasteiger partial charge is 0.309 e. The third kappa shape index (κ3) is 6.59. The first-order valence-electron chi connectivity index (χ1n) is 22.1. The molecule has 0 saturated carbocycles. The van der Waals surface area contributed by atoms with Crippen LogP contribution >= 0.6 is 0 Å². The monoisotopic (exact) mass is 824 g/mol. The molecule has 11 aromatic rings. The van der Waals surface area contributed by atoms with Gasteiger partial charge < -0.3 is 9.13 Å². The number of aromatic nitrogens is 2. The van der Waals surface area contributed by atoms with Gasteiger partial charge in [0, 0.05) is 71.7 Å². The normalized spacial score (nSPS) is 12.2. The summed E-state index contributed by atoms with van der Waals surface area (Å²) < 4.78 is 4.73. The minimum Gasteiger partial charge on any atom is -0.309 e. The number of para-hydroxylation sites is 4. The highest BCUT2D eigenvalue weighted by Crippen LogP contribution is 2.50. The van der Waals surface area contributed by atoms with Crippen LogP contribution in [-0.4, -0.2) is 9.13 Å². The summed E-state index contributed by atoms with van der Waals surface area (Å²) in [5, 5.41) is 5.06. The van der Waals surface area contributed by atoms with E-state index in [1.54, 1.807) is 0 Å². The van der Waals surface area contributed by atoms with Crippen molar-refractivity contribution in [3.8, 4) is 58.0 Å². The van der Waals surface area contributed by atoms with E-state index in [9.17, 15) is 0 Å². The highest BCUT2D eigenvalue weighted by molar-refractivity contribution is 6.10. The second kappa shape index (κ2) is 15.3. The van der Waals surface area contributed by atoms with E-state index >= 15 is 0 Å². The van der Waals surface area contributed by atoms with Crippen molar-refractivity contribution in [1.29, 1.82) is 0 Å². The Kier molecular flexibility index (Phi) is 8.91. The van der Waals surface area contributed by atoms with E-state index in [2.05, 4.69) is 228 Å². The van der Waals surface area contributed by atoms with Crippen LogP contribution < -0.4 is 0 Å². The summed E-state index contributed by atoms with van der Waals surface area (Å²) in [6.07, 6.45) is 0. The molecule has 2 nitrogen and oxygen atoms in total. The molecule has 0 unspecified atom stereocenters. The van der Waals surface area contributed by atoms with Gasteiger partial charge in [-0.1, -0.05) is 134 Å². The second-order valence-electron chi connectivity index (χ2n) is 17.3. The van der Waals surface area contributed by atoms with Crippen molar-refractivity contribution < 1.29 is 0 Å². The van der Waals surface area contributed by atoms with Crippen molar-refractivity contribution in [3.05, 3.63) is 251 Å². The van der Waals surface area contributed by atoms with Gasteiger partial charge in [-0.25, -0.2) is 0 Å². The molecule has 2 aromatic heterocycles. The highest BCUT2D eigenvalue weighted by atomic mass is 15.0. The SMILES string of the molecule is CC1(C)c2cc(C#Cc3ccc(C#Cc4ccc(C#Cc5ccc(-n6c7ccccc7c7ccccc76)cc5)cc4)cc3)ccc2-c2ccc(-n3c4ccccc4c4ccccc43)cc21. The van der Waals surface area contributed by atoms with Gasteiger partial charge in [-0.15, -0.1) is 0 Å². The van der Waals surface area contributed by atoms with Gasteiger partial charge in [-0.05, 0) is 144 Å². The van der Waals surface area contributed by atoms with Gasteiger partial charge in [-0.2, -0.15) is 0 Å². The van der Waals surface area contributed by atoms with Crippen molar-refractivity contribution in [3.63, 3.8) is 0 Å². The smallest absolute Gasteiger partial charge is 0.0541 e. The molecule has 2 heteroatoms. The number of hydrogen-bond donors (Lipinski definition) is 0.